The highest BCUT2D eigenvalue weighted by atomic mass is 16.3. The van der Waals surface area contributed by atoms with Gasteiger partial charge in [0.2, 0.25) is 0 Å². The molecule has 1 aromatic rings. The minimum absolute atomic E-state index is 0.0418. The van der Waals surface area contributed by atoms with Gasteiger partial charge in [0.05, 0.1) is 0 Å². The predicted octanol–water partition coefficient (Wildman–Crippen LogP) is 3.61. The van der Waals surface area contributed by atoms with E-state index in [0.29, 0.717) is 18.2 Å². The summed E-state index contributed by atoms with van der Waals surface area (Å²) < 4.78 is 0. The molecule has 20 heavy (non-hydrogen) atoms. The van der Waals surface area contributed by atoms with Crippen LogP contribution in [0.4, 0.5) is 0 Å². The summed E-state index contributed by atoms with van der Waals surface area (Å²) in [4.78, 5) is 13.8. The van der Waals surface area contributed by atoms with Crippen LogP contribution in [0.15, 0.2) is 18.2 Å². The zero-order chi connectivity index (χ0) is 14.7. The van der Waals surface area contributed by atoms with Gasteiger partial charge in [-0.15, -0.1) is 0 Å². The number of Topliss-reactive ketones (excluding diaryl/α,β-unsaturated/α-hetero) is 1. The Labute approximate surface area is 121 Å². The van der Waals surface area contributed by atoms with Crippen LogP contribution in [0.2, 0.25) is 0 Å². The molecule has 2 rings (SSSR count). The van der Waals surface area contributed by atoms with E-state index in [1.165, 1.54) is 25.7 Å². The Kier molecular flexibility index (Phi) is 4.81. The van der Waals surface area contributed by atoms with E-state index in [1.54, 1.807) is 19.1 Å². The molecule has 0 heterocycles. The van der Waals surface area contributed by atoms with E-state index < -0.39 is 0 Å². The number of carbonyl (C=O) groups is 1. The van der Waals surface area contributed by atoms with Crippen LogP contribution in [0.1, 0.15) is 55.5 Å². The monoisotopic (exact) mass is 275 g/mol. The average molecular weight is 275 g/mol. The maximum absolute atomic E-state index is 11.4. The lowest BCUT2D eigenvalue weighted by Crippen LogP contribution is -2.35. The molecule has 0 amide bonds. The SMILES string of the molecule is CC(=O)c1ccc(O)c(CN(C)C2CCCC(C)C2)c1. The highest BCUT2D eigenvalue weighted by Crippen LogP contribution is 2.29. The normalized spacial score (nSPS) is 23.0. The van der Waals surface area contributed by atoms with Gasteiger partial charge in [-0.25, -0.2) is 0 Å². The lowest BCUT2D eigenvalue weighted by Gasteiger charge is -2.34. The van der Waals surface area contributed by atoms with Crippen molar-refractivity contribution in [3.63, 3.8) is 0 Å². The first-order chi connectivity index (χ1) is 9.47. The molecule has 1 aliphatic carbocycles. The third kappa shape index (κ3) is 3.60. The number of phenols is 1. The number of benzene rings is 1. The molecule has 0 aliphatic heterocycles. The molecule has 1 aromatic carbocycles. The lowest BCUT2D eigenvalue weighted by atomic mass is 9.86. The number of hydrogen-bond donors (Lipinski definition) is 1. The largest absolute Gasteiger partial charge is 0.508 e. The van der Waals surface area contributed by atoms with Crippen molar-refractivity contribution in [2.75, 3.05) is 7.05 Å². The van der Waals surface area contributed by atoms with Crippen molar-refractivity contribution in [2.45, 2.75) is 52.1 Å². The van der Waals surface area contributed by atoms with Gasteiger partial charge < -0.3 is 5.11 Å². The van der Waals surface area contributed by atoms with Crippen LogP contribution < -0.4 is 0 Å². The van der Waals surface area contributed by atoms with Crippen molar-refractivity contribution >= 4 is 5.78 Å². The van der Waals surface area contributed by atoms with Crippen molar-refractivity contribution in [2.24, 2.45) is 5.92 Å². The number of aromatic hydroxyl groups is 1. The van der Waals surface area contributed by atoms with Gasteiger partial charge in [-0.05, 0) is 50.9 Å². The Balaban J connectivity index is 2.08. The maximum Gasteiger partial charge on any atom is 0.159 e. The number of nitrogens with zero attached hydrogens (tertiary/aromatic N) is 1. The average Bonchev–Trinajstić information content (AvgIpc) is 2.41. The summed E-state index contributed by atoms with van der Waals surface area (Å²) in [5.74, 6) is 1.11. The Morgan fingerprint density at radius 1 is 1.40 bits per heavy atom. The molecule has 110 valence electrons. The van der Waals surface area contributed by atoms with Crippen molar-refractivity contribution in [1.82, 2.24) is 4.90 Å². The van der Waals surface area contributed by atoms with E-state index in [-0.39, 0.29) is 11.5 Å². The predicted molar refractivity (Wildman–Crippen MR) is 81.0 cm³/mol. The quantitative estimate of drug-likeness (QED) is 0.853. The first kappa shape index (κ1) is 15.0. The second-order valence-corrected chi connectivity index (χ2v) is 6.24. The van der Waals surface area contributed by atoms with Gasteiger partial charge in [0.15, 0.2) is 5.78 Å². The van der Waals surface area contributed by atoms with Crippen LogP contribution in [0.25, 0.3) is 0 Å². The fourth-order valence-corrected chi connectivity index (χ4v) is 3.13. The van der Waals surface area contributed by atoms with Gasteiger partial charge >= 0.3 is 0 Å². The number of carbonyl (C=O) groups excluding carboxylic acids is 1. The molecule has 0 saturated heterocycles. The van der Waals surface area contributed by atoms with E-state index in [0.717, 1.165) is 11.5 Å². The van der Waals surface area contributed by atoms with Gasteiger partial charge in [-0.3, -0.25) is 9.69 Å². The van der Waals surface area contributed by atoms with E-state index in [9.17, 15) is 9.90 Å². The molecule has 0 spiro atoms. The number of hydrogen-bond acceptors (Lipinski definition) is 3. The Morgan fingerprint density at radius 2 is 2.15 bits per heavy atom. The Bertz CT molecular complexity index is 484. The zero-order valence-corrected chi connectivity index (χ0v) is 12.7. The first-order valence-electron chi connectivity index (χ1n) is 7.50. The number of rotatable bonds is 4. The van der Waals surface area contributed by atoms with Gasteiger partial charge in [-0.2, -0.15) is 0 Å². The molecule has 0 bridgehead atoms. The fraction of sp³-hybridized carbons (Fsp3) is 0.588. The molecule has 3 heteroatoms. The zero-order valence-electron chi connectivity index (χ0n) is 12.7. The minimum Gasteiger partial charge on any atom is -0.508 e. The van der Waals surface area contributed by atoms with E-state index in [4.69, 9.17) is 0 Å². The van der Waals surface area contributed by atoms with Crippen molar-refractivity contribution in [1.29, 1.82) is 0 Å². The second-order valence-electron chi connectivity index (χ2n) is 6.24. The van der Waals surface area contributed by atoms with Gasteiger partial charge in [0.1, 0.15) is 5.75 Å². The summed E-state index contributed by atoms with van der Waals surface area (Å²) in [5, 5.41) is 9.98. The summed E-state index contributed by atoms with van der Waals surface area (Å²) in [5.41, 5.74) is 1.52. The molecule has 2 atom stereocenters. The molecule has 0 aromatic heterocycles. The third-order valence-electron chi connectivity index (χ3n) is 4.44. The molecule has 2 unspecified atom stereocenters. The summed E-state index contributed by atoms with van der Waals surface area (Å²) in [6.07, 6.45) is 5.07. The van der Waals surface area contributed by atoms with E-state index >= 15 is 0 Å². The Morgan fingerprint density at radius 3 is 2.80 bits per heavy atom. The third-order valence-corrected chi connectivity index (χ3v) is 4.44. The molecule has 1 aliphatic rings. The molecule has 0 radical (unpaired) electrons. The summed E-state index contributed by atoms with van der Waals surface area (Å²) >= 11 is 0. The van der Waals surface area contributed by atoms with Crippen molar-refractivity contribution < 1.29 is 9.90 Å². The highest BCUT2D eigenvalue weighted by Gasteiger charge is 2.23. The van der Waals surface area contributed by atoms with E-state index in [1.807, 2.05) is 6.07 Å². The van der Waals surface area contributed by atoms with Crippen LogP contribution in [-0.2, 0) is 6.54 Å². The van der Waals surface area contributed by atoms with Gasteiger partial charge in [0, 0.05) is 23.7 Å². The smallest absolute Gasteiger partial charge is 0.159 e. The van der Waals surface area contributed by atoms with Crippen LogP contribution in [0.5, 0.6) is 5.75 Å². The summed E-state index contributed by atoms with van der Waals surface area (Å²) in [6, 6.07) is 5.72. The molecule has 1 N–H and O–H groups in total. The number of phenolic OH excluding ortho intramolecular Hbond substituents is 1. The van der Waals surface area contributed by atoms with Crippen LogP contribution in [-0.4, -0.2) is 28.9 Å². The van der Waals surface area contributed by atoms with Crippen LogP contribution in [0, 0.1) is 5.92 Å². The summed E-state index contributed by atoms with van der Waals surface area (Å²) in [7, 11) is 2.11. The molecular formula is C17H25NO2. The highest BCUT2D eigenvalue weighted by molar-refractivity contribution is 5.94. The molecule has 1 saturated carbocycles. The first-order valence-corrected chi connectivity index (χ1v) is 7.50. The van der Waals surface area contributed by atoms with Gasteiger partial charge in [-0.1, -0.05) is 19.8 Å². The second kappa shape index (κ2) is 6.40. The lowest BCUT2D eigenvalue weighted by molar-refractivity contribution is 0.101. The molecule has 3 nitrogen and oxygen atoms in total. The fourth-order valence-electron chi connectivity index (χ4n) is 3.13. The van der Waals surface area contributed by atoms with Crippen LogP contribution >= 0.6 is 0 Å². The van der Waals surface area contributed by atoms with Crippen LogP contribution in [0.3, 0.4) is 0 Å². The standard InChI is InChI=1S/C17H25NO2/c1-12-5-4-6-16(9-12)18(3)11-15-10-14(13(2)19)7-8-17(15)20/h7-8,10,12,16,20H,4-6,9,11H2,1-3H3. The summed E-state index contributed by atoms with van der Waals surface area (Å²) in [6.45, 7) is 4.57. The van der Waals surface area contributed by atoms with E-state index in [2.05, 4.69) is 18.9 Å². The number of ketones is 1. The topological polar surface area (TPSA) is 40.5 Å². The van der Waals surface area contributed by atoms with Crippen molar-refractivity contribution in [3.05, 3.63) is 29.3 Å². The molecular weight excluding hydrogens is 250 g/mol. The Hall–Kier alpha value is -1.35. The molecule has 1 fully saturated rings. The minimum atomic E-state index is 0.0418. The van der Waals surface area contributed by atoms with Crippen molar-refractivity contribution in [3.8, 4) is 5.75 Å². The van der Waals surface area contributed by atoms with Gasteiger partial charge in [0.25, 0.3) is 0 Å². The maximum atomic E-state index is 11.4.